The minimum Gasteiger partial charge on any atom is -0.307 e. The number of carbonyl (C=O) groups excluding carboxylic acids is 1. The van der Waals surface area contributed by atoms with Gasteiger partial charge in [0.25, 0.3) is 0 Å². The highest BCUT2D eigenvalue weighted by molar-refractivity contribution is 6.00. The Hall–Kier alpha value is -1.15. The minimum absolute atomic E-state index is 0.0534. The van der Waals surface area contributed by atoms with Crippen LogP contribution in [0.4, 0.5) is 0 Å². The van der Waals surface area contributed by atoms with Crippen LogP contribution in [0.3, 0.4) is 0 Å². The van der Waals surface area contributed by atoms with Gasteiger partial charge in [-0.15, -0.1) is 0 Å². The van der Waals surface area contributed by atoms with E-state index in [1.165, 1.54) is 5.56 Å². The van der Waals surface area contributed by atoms with Gasteiger partial charge in [0.15, 0.2) is 5.78 Å². The van der Waals surface area contributed by atoms with Gasteiger partial charge in [0.1, 0.15) is 0 Å². The summed E-state index contributed by atoms with van der Waals surface area (Å²) in [4.78, 5) is 11.9. The molecule has 0 unspecified atom stereocenters. The zero-order valence-corrected chi connectivity index (χ0v) is 8.42. The molecule has 1 aliphatic heterocycles. The Kier molecular flexibility index (Phi) is 2.64. The molecule has 1 heterocycles. The topological polar surface area (TPSA) is 29.1 Å². The van der Waals surface area contributed by atoms with E-state index >= 15 is 0 Å². The Labute approximate surface area is 84.3 Å². The van der Waals surface area contributed by atoms with Crippen LogP contribution in [0.2, 0.25) is 0 Å². The van der Waals surface area contributed by atoms with E-state index in [4.69, 9.17) is 0 Å². The Morgan fingerprint density at radius 2 is 2.07 bits per heavy atom. The molecule has 0 bridgehead atoms. The molecule has 0 aromatic heterocycles. The quantitative estimate of drug-likeness (QED) is 0.720. The molecule has 1 saturated heterocycles. The summed E-state index contributed by atoms with van der Waals surface area (Å²) in [6, 6.07) is 7.86. The van der Waals surface area contributed by atoms with E-state index in [-0.39, 0.29) is 11.8 Å². The smallest absolute Gasteiger partial charge is 0.179 e. The molecule has 1 aromatic carbocycles. The molecule has 2 rings (SSSR count). The molecule has 14 heavy (non-hydrogen) atoms. The number of ketones is 1. The maximum atomic E-state index is 11.9. The molecule has 2 nitrogen and oxygen atoms in total. The largest absolute Gasteiger partial charge is 0.307 e. The fourth-order valence-electron chi connectivity index (χ4n) is 1.83. The third kappa shape index (κ3) is 1.85. The summed E-state index contributed by atoms with van der Waals surface area (Å²) in [7, 11) is 0. The van der Waals surface area contributed by atoms with Crippen LogP contribution in [0.25, 0.3) is 0 Å². The van der Waals surface area contributed by atoms with Gasteiger partial charge in [0.05, 0.1) is 6.04 Å². The third-order valence-corrected chi connectivity index (χ3v) is 2.71. The van der Waals surface area contributed by atoms with Gasteiger partial charge in [-0.1, -0.05) is 29.8 Å². The maximum absolute atomic E-state index is 11.9. The van der Waals surface area contributed by atoms with Gasteiger partial charge < -0.3 is 5.32 Å². The van der Waals surface area contributed by atoms with E-state index < -0.39 is 0 Å². The highest BCUT2D eigenvalue weighted by Gasteiger charge is 2.22. The average Bonchev–Trinajstić information content (AvgIpc) is 2.71. The molecule has 0 aliphatic carbocycles. The van der Waals surface area contributed by atoms with Gasteiger partial charge in [0.2, 0.25) is 0 Å². The first-order chi connectivity index (χ1) is 6.77. The monoisotopic (exact) mass is 189 g/mol. The van der Waals surface area contributed by atoms with Crippen molar-refractivity contribution in [3.8, 4) is 0 Å². The van der Waals surface area contributed by atoms with Crippen molar-refractivity contribution in [2.24, 2.45) is 0 Å². The first-order valence-corrected chi connectivity index (χ1v) is 5.11. The summed E-state index contributed by atoms with van der Waals surface area (Å²) in [5.74, 6) is 0.238. The Balaban J connectivity index is 2.14. The molecule has 74 valence electrons. The summed E-state index contributed by atoms with van der Waals surface area (Å²) in [6.07, 6.45) is 2.09. The first kappa shape index (κ1) is 9.41. The van der Waals surface area contributed by atoms with Crippen LogP contribution >= 0.6 is 0 Å². The van der Waals surface area contributed by atoms with E-state index in [9.17, 15) is 4.79 Å². The summed E-state index contributed by atoms with van der Waals surface area (Å²) in [5, 5.41) is 3.22. The minimum atomic E-state index is 0.0534. The second-order valence-corrected chi connectivity index (χ2v) is 3.88. The van der Waals surface area contributed by atoms with Crippen LogP contribution in [-0.2, 0) is 0 Å². The van der Waals surface area contributed by atoms with Crippen LogP contribution < -0.4 is 5.32 Å². The number of rotatable bonds is 2. The van der Waals surface area contributed by atoms with Crippen molar-refractivity contribution in [3.05, 3.63) is 35.4 Å². The van der Waals surface area contributed by atoms with Gasteiger partial charge in [0, 0.05) is 5.56 Å². The molecule has 1 aliphatic rings. The van der Waals surface area contributed by atoms with E-state index in [0.29, 0.717) is 0 Å². The molecule has 0 spiro atoms. The number of benzene rings is 1. The summed E-state index contributed by atoms with van der Waals surface area (Å²) in [6.45, 7) is 3.00. The van der Waals surface area contributed by atoms with E-state index in [0.717, 1.165) is 24.9 Å². The molecular weight excluding hydrogens is 174 g/mol. The molecule has 0 saturated carbocycles. The molecule has 2 heteroatoms. The Morgan fingerprint density at radius 3 is 2.64 bits per heavy atom. The lowest BCUT2D eigenvalue weighted by Gasteiger charge is -2.08. The van der Waals surface area contributed by atoms with Gasteiger partial charge in [-0.2, -0.15) is 0 Å². The predicted molar refractivity (Wildman–Crippen MR) is 56.5 cm³/mol. The van der Waals surface area contributed by atoms with Crippen molar-refractivity contribution < 1.29 is 4.79 Å². The van der Waals surface area contributed by atoms with E-state index in [2.05, 4.69) is 5.32 Å². The SMILES string of the molecule is Cc1ccc(C(=O)[C@H]2CCCN2)cc1. The number of hydrogen-bond donors (Lipinski definition) is 1. The molecule has 1 aromatic rings. The molecule has 0 radical (unpaired) electrons. The number of nitrogens with one attached hydrogen (secondary N) is 1. The lowest BCUT2D eigenvalue weighted by atomic mass is 10.0. The lowest BCUT2D eigenvalue weighted by molar-refractivity contribution is 0.0952. The van der Waals surface area contributed by atoms with Crippen molar-refractivity contribution in [2.45, 2.75) is 25.8 Å². The van der Waals surface area contributed by atoms with Crippen molar-refractivity contribution in [1.82, 2.24) is 5.32 Å². The standard InChI is InChI=1S/C12H15NO/c1-9-4-6-10(7-5-9)12(14)11-3-2-8-13-11/h4-7,11,13H,2-3,8H2,1H3/t11-/m1/s1. The van der Waals surface area contributed by atoms with Crippen LogP contribution in [0, 0.1) is 6.92 Å². The predicted octanol–water partition coefficient (Wildman–Crippen LogP) is 1.93. The third-order valence-electron chi connectivity index (χ3n) is 2.71. The number of carbonyl (C=O) groups is 1. The van der Waals surface area contributed by atoms with Gasteiger partial charge >= 0.3 is 0 Å². The summed E-state index contributed by atoms with van der Waals surface area (Å²) in [5.41, 5.74) is 2.02. The average molecular weight is 189 g/mol. The highest BCUT2D eigenvalue weighted by Crippen LogP contribution is 2.12. The summed E-state index contributed by atoms with van der Waals surface area (Å²) < 4.78 is 0. The zero-order chi connectivity index (χ0) is 9.97. The van der Waals surface area contributed by atoms with Crippen LogP contribution in [0.1, 0.15) is 28.8 Å². The van der Waals surface area contributed by atoms with Crippen molar-refractivity contribution >= 4 is 5.78 Å². The molecular formula is C12H15NO. The molecule has 0 amide bonds. The Bertz CT molecular complexity index is 323. The van der Waals surface area contributed by atoms with Crippen LogP contribution in [0.15, 0.2) is 24.3 Å². The normalized spacial score (nSPS) is 21.1. The van der Waals surface area contributed by atoms with E-state index in [1.807, 2.05) is 31.2 Å². The van der Waals surface area contributed by atoms with Gasteiger partial charge in [-0.05, 0) is 26.3 Å². The fourth-order valence-corrected chi connectivity index (χ4v) is 1.83. The van der Waals surface area contributed by atoms with Gasteiger partial charge in [-0.3, -0.25) is 4.79 Å². The molecule has 1 N–H and O–H groups in total. The van der Waals surface area contributed by atoms with Gasteiger partial charge in [-0.25, -0.2) is 0 Å². The van der Waals surface area contributed by atoms with E-state index in [1.54, 1.807) is 0 Å². The second kappa shape index (κ2) is 3.93. The maximum Gasteiger partial charge on any atom is 0.179 e. The first-order valence-electron chi connectivity index (χ1n) is 5.11. The highest BCUT2D eigenvalue weighted by atomic mass is 16.1. The number of aryl methyl sites for hydroxylation is 1. The second-order valence-electron chi connectivity index (χ2n) is 3.88. The Morgan fingerprint density at radius 1 is 1.36 bits per heavy atom. The lowest BCUT2D eigenvalue weighted by Crippen LogP contribution is -2.30. The van der Waals surface area contributed by atoms with Crippen LogP contribution in [-0.4, -0.2) is 18.4 Å². The van der Waals surface area contributed by atoms with Crippen molar-refractivity contribution in [1.29, 1.82) is 0 Å². The van der Waals surface area contributed by atoms with Crippen molar-refractivity contribution in [3.63, 3.8) is 0 Å². The fraction of sp³-hybridized carbons (Fsp3) is 0.417. The van der Waals surface area contributed by atoms with Crippen molar-refractivity contribution in [2.75, 3.05) is 6.54 Å². The number of hydrogen-bond acceptors (Lipinski definition) is 2. The molecule has 1 fully saturated rings. The molecule has 1 atom stereocenters. The number of Topliss-reactive ketones (excluding diaryl/α,β-unsaturated/α-hetero) is 1. The zero-order valence-electron chi connectivity index (χ0n) is 8.42. The van der Waals surface area contributed by atoms with Crippen LogP contribution in [0.5, 0.6) is 0 Å². The summed E-state index contributed by atoms with van der Waals surface area (Å²) >= 11 is 0.